The number of para-hydroxylation sites is 2. The number of fused-ring (bicyclic) bond motifs is 1. The minimum absolute atomic E-state index is 0.166. The second-order valence-corrected chi connectivity index (χ2v) is 4.25. The van der Waals surface area contributed by atoms with Crippen LogP contribution in [0.1, 0.15) is 19.8 Å². The van der Waals surface area contributed by atoms with Crippen molar-refractivity contribution in [2.75, 3.05) is 6.54 Å². The molecule has 0 fully saturated rings. The van der Waals surface area contributed by atoms with Gasteiger partial charge in [0.05, 0.1) is 11.0 Å². The highest BCUT2D eigenvalue weighted by atomic mass is 32.1. The van der Waals surface area contributed by atoms with Crippen molar-refractivity contribution in [3.05, 3.63) is 29.0 Å². The van der Waals surface area contributed by atoms with Gasteiger partial charge < -0.3 is 10.3 Å². The molecule has 0 aliphatic carbocycles. The number of carbonyl (C=O) groups excluding carboxylic acids is 1. The smallest absolute Gasteiger partial charge is 0.328 e. The van der Waals surface area contributed by atoms with E-state index in [9.17, 15) is 4.79 Å². The van der Waals surface area contributed by atoms with Crippen LogP contribution in [0.25, 0.3) is 11.0 Å². The van der Waals surface area contributed by atoms with Gasteiger partial charge in [0.1, 0.15) is 0 Å². The lowest BCUT2D eigenvalue weighted by Gasteiger charge is -2.05. The average Bonchev–Trinajstić information content (AvgIpc) is 2.65. The second kappa shape index (κ2) is 5.14. The zero-order valence-electron chi connectivity index (χ0n) is 9.69. The Kier molecular flexibility index (Phi) is 3.58. The van der Waals surface area contributed by atoms with Crippen LogP contribution in [0.4, 0.5) is 4.79 Å². The van der Waals surface area contributed by atoms with E-state index in [0.29, 0.717) is 11.3 Å². The standard InChI is InChI=1S/C12H15N3OS/c1-2-3-8-13-11(16)15-10-7-5-4-6-9(10)14-12(15)17/h4-7H,2-3,8H2,1H3,(H,13,16)(H,14,17). The molecule has 0 atom stereocenters. The molecule has 1 aromatic carbocycles. The number of aromatic nitrogens is 2. The molecule has 0 bridgehead atoms. The summed E-state index contributed by atoms with van der Waals surface area (Å²) in [4.78, 5) is 15.0. The first kappa shape index (κ1) is 11.9. The minimum atomic E-state index is -0.166. The van der Waals surface area contributed by atoms with Gasteiger partial charge in [-0.2, -0.15) is 0 Å². The van der Waals surface area contributed by atoms with Gasteiger partial charge in [0.2, 0.25) is 0 Å². The molecule has 0 radical (unpaired) electrons. The molecule has 2 N–H and O–H groups in total. The van der Waals surface area contributed by atoms with Crippen LogP contribution in [0, 0.1) is 4.77 Å². The molecule has 90 valence electrons. The van der Waals surface area contributed by atoms with Crippen molar-refractivity contribution in [2.45, 2.75) is 19.8 Å². The first-order valence-electron chi connectivity index (χ1n) is 5.72. The third-order valence-corrected chi connectivity index (χ3v) is 2.88. The number of H-pyrrole nitrogens is 1. The monoisotopic (exact) mass is 249 g/mol. The Hall–Kier alpha value is -1.62. The lowest BCUT2D eigenvalue weighted by molar-refractivity contribution is 0.242. The van der Waals surface area contributed by atoms with E-state index in [4.69, 9.17) is 12.2 Å². The maximum absolute atomic E-state index is 12.0. The number of hydrogen-bond donors (Lipinski definition) is 2. The largest absolute Gasteiger partial charge is 0.337 e. The molecule has 1 aromatic heterocycles. The second-order valence-electron chi connectivity index (χ2n) is 3.87. The van der Waals surface area contributed by atoms with Gasteiger partial charge in [0.25, 0.3) is 0 Å². The first-order valence-corrected chi connectivity index (χ1v) is 6.13. The Labute approximate surface area is 105 Å². The predicted octanol–water partition coefficient (Wildman–Crippen LogP) is 3.06. The Bertz CT molecular complexity index is 585. The van der Waals surface area contributed by atoms with Crippen molar-refractivity contribution >= 4 is 29.3 Å². The molecule has 17 heavy (non-hydrogen) atoms. The summed E-state index contributed by atoms with van der Waals surface area (Å²) in [6, 6.07) is 7.41. The highest BCUT2D eigenvalue weighted by Gasteiger charge is 2.10. The van der Waals surface area contributed by atoms with E-state index in [0.717, 1.165) is 23.9 Å². The molecule has 4 nitrogen and oxygen atoms in total. The molecule has 1 heterocycles. The number of benzene rings is 1. The van der Waals surface area contributed by atoms with Gasteiger partial charge in [-0.15, -0.1) is 0 Å². The van der Waals surface area contributed by atoms with Gasteiger partial charge in [-0.1, -0.05) is 25.5 Å². The molecular weight excluding hydrogens is 234 g/mol. The number of amides is 1. The summed E-state index contributed by atoms with van der Waals surface area (Å²) >= 11 is 5.15. The van der Waals surface area contributed by atoms with Crippen LogP contribution in [0.2, 0.25) is 0 Å². The molecule has 0 saturated carbocycles. The molecule has 2 aromatic rings. The van der Waals surface area contributed by atoms with Crippen molar-refractivity contribution in [3.8, 4) is 0 Å². The minimum Gasteiger partial charge on any atom is -0.337 e. The Balaban J connectivity index is 2.31. The Morgan fingerprint density at radius 2 is 2.24 bits per heavy atom. The van der Waals surface area contributed by atoms with Gasteiger partial charge in [0, 0.05) is 6.54 Å². The summed E-state index contributed by atoms with van der Waals surface area (Å²) in [5.74, 6) is 0. The third kappa shape index (κ3) is 2.39. The summed E-state index contributed by atoms with van der Waals surface area (Å²) in [5, 5.41) is 2.86. The summed E-state index contributed by atoms with van der Waals surface area (Å²) in [6.07, 6.45) is 2.03. The molecule has 5 heteroatoms. The highest BCUT2D eigenvalue weighted by Crippen LogP contribution is 2.12. The summed E-state index contributed by atoms with van der Waals surface area (Å²) in [5.41, 5.74) is 1.69. The number of carbonyl (C=O) groups is 1. The lowest BCUT2D eigenvalue weighted by atomic mass is 10.3. The SMILES string of the molecule is CCCCNC(=O)n1c(=S)[nH]c2ccccc21. The summed E-state index contributed by atoms with van der Waals surface area (Å²) in [6.45, 7) is 2.76. The number of rotatable bonds is 3. The van der Waals surface area contributed by atoms with E-state index in [1.807, 2.05) is 24.3 Å². The molecule has 1 amide bonds. The van der Waals surface area contributed by atoms with Crippen molar-refractivity contribution < 1.29 is 4.79 Å². The van der Waals surface area contributed by atoms with Crippen molar-refractivity contribution in [3.63, 3.8) is 0 Å². The maximum atomic E-state index is 12.0. The van der Waals surface area contributed by atoms with Gasteiger partial charge >= 0.3 is 6.03 Å². The van der Waals surface area contributed by atoms with Crippen LogP contribution >= 0.6 is 12.2 Å². The fourth-order valence-electron chi connectivity index (χ4n) is 1.71. The topological polar surface area (TPSA) is 49.8 Å². The van der Waals surface area contributed by atoms with Crippen molar-refractivity contribution in [1.82, 2.24) is 14.9 Å². The fourth-order valence-corrected chi connectivity index (χ4v) is 2.00. The van der Waals surface area contributed by atoms with E-state index in [1.54, 1.807) is 0 Å². The lowest BCUT2D eigenvalue weighted by Crippen LogP contribution is -2.29. The van der Waals surface area contributed by atoms with Crippen molar-refractivity contribution in [1.29, 1.82) is 0 Å². The fraction of sp³-hybridized carbons (Fsp3) is 0.333. The van der Waals surface area contributed by atoms with Gasteiger partial charge in [-0.3, -0.25) is 0 Å². The van der Waals surface area contributed by atoms with E-state index in [-0.39, 0.29) is 6.03 Å². The number of nitrogens with zero attached hydrogens (tertiary/aromatic N) is 1. The number of imidazole rings is 1. The van der Waals surface area contributed by atoms with E-state index in [1.165, 1.54) is 4.57 Å². The molecule has 0 saturated heterocycles. The molecule has 0 aliphatic heterocycles. The maximum Gasteiger partial charge on any atom is 0.328 e. The molecule has 0 spiro atoms. The molecular formula is C12H15N3OS. The Morgan fingerprint density at radius 1 is 1.47 bits per heavy atom. The van der Waals surface area contributed by atoms with Crippen LogP contribution < -0.4 is 5.32 Å². The molecule has 0 unspecified atom stereocenters. The quantitative estimate of drug-likeness (QED) is 0.649. The molecule has 0 aliphatic rings. The normalized spacial score (nSPS) is 10.6. The Morgan fingerprint density at radius 3 is 3.00 bits per heavy atom. The van der Waals surface area contributed by atoms with Crippen LogP contribution in [0.3, 0.4) is 0 Å². The van der Waals surface area contributed by atoms with Crippen LogP contribution in [0.15, 0.2) is 24.3 Å². The predicted molar refractivity (Wildman–Crippen MR) is 70.8 cm³/mol. The summed E-state index contributed by atoms with van der Waals surface area (Å²) in [7, 11) is 0. The zero-order valence-corrected chi connectivity index (χ0v) is 10.5. The number of aromatic amines is 1. The van der Waals surface area contributed by atoms with Crippen LogP contribution in [-0.4, -0.2) is 22.1 Å². The van der Waals surface area contributed by atoms with Crippen LogP contribution in [0.5, 0.6) is 0 Å². The molecule has 2 rings (SSSR count). The van der Waals surface area contributed by atoms with Crippen molar-refractivity contribution in [2.24, 2.45) is 0 Å². The van der Waals surface area contributed by atoms with E-state index >= 15 is 0 Å². The van der Waals surface area contributed by atoms with Gasteiger partial charge in [-0.25, -0.2) is 9.36 Å². The van der Waals surface area contributed by atoms with Crippen LogP contribution in [-0.2, 0) is 0 Å². The first-order chi connectivity index (χ1) is 8.24. The van der Waals surface area contributed by atoms with Gasteiger partial charge in [-0.05, 0) is 30.8 Å². The van der Waals surface area contributed by atoms with E-state index < -0.39 is 0 Å². The third-order valence-electron chi connectivity index (χ3n) is 2.60. The number of hydrogen-bond acceptors (Lipinski definition) is 2. The zero-order chi connectivity index (χ0) is 12.3. The number of nitrogens with one attached hydrogen (secondary N) is 2. The highest BCUT2D eigenvalue weighted by molar-refractivity contribution is 7.71. The number of unbranched alkanes of at least 4 members (excludes halogenated alkanes) is 1. The average molecular weight is 249 g/mol. The summed E-state index contributed by atoms with van der Waals surface area (Å²) < 4.78 is 1.93. The van der Waals surface area contributed by atoms with E-state index in [2.05, 4.69) is 17.2 Å². The van der Waals surface area contributed by atoms with Gasteiger partial charge in [0.15, 0.2) is 4.77 Å².